The average molecular weight is 283 g/mol. The van der Waals surface area contributed by atoms with Gasteiger partial charge in [-0.25, -0.2) is 0 Å². The van der Waals surface area contributed by atoms with Crippen LogP contribution in [0.15, 0.2) is 75.5 Å². The molecule has 0 N–H and O–H groups in total. The summed E-state index contributed by atoms with van der Waals surface area (Å²) in [5, 5.41) is 1.23. The van der Waals surface area contributed by atoms with Crippen LogP contribution >= 0.6 is 23.5 Å². The fraction of sp³-hybridized carbons (Fsp3) is 0.0625. The van der Waals surface area contributed by atoms with Gasteiger partial charge in [-0.1, -0.05) is 36.0 Å². The lowest BCUT2D eigenvalue weighted by atomic mass is 10.2. The maximum atomic E-state index is 4.52. The Hall–Kier alpha value is -1.45. The third-order valence-corrected chi connectivity index (χ3v) is 4.74. The van der Waals surface area contributed by atoms with Crippen molar-refractivity contribution in [1.29, 1.82) is 0 Å². The molecule has 0 unspecified atom stereocenters. The molecule has 0 saturated heterocycles. The summed E-state index contributed by atoms with van der Waals surface area (Å²) in [5.41, 5.74) is 1.09. The summed E-state index contributed by atoms with van der Waals surface area (Å²) in [7, 11) is 0. The van der Waals surface area contributed by atoms with E-state index in [0.29, 0.717) is 0 Å². The van der Waals surface area contributed by atoms with Crippen molar-refractivity contribution in [2.24, 2.45) is 0 Å². The summed E-state index contributed by atoms with van der Waals surface area (Å²) in [6, 6.07) is 18.9. The number of fused-ring (bicyclic) bond motifs is 1. The van der Waals surface area contributed by atoms with Gasteiger partial charge in [0.2, 0.25) is 0 Å². The Morgan fingerprint density at radius 3 is 2.42 bits per heavy atom. The molecule has 3 rings (SSSR count). The Kier molecular flexibility index (Phi) is 3.76. The van der Waals surface area contributed by atoms with Crippen LogP contribution in [0.4, 0.5) is 0 Å². The van der Waals surface area contributed by atoms with Crippen LogP contribution in [0.3, 0.4) is 0 Å². The molecule has 1 aromatic heterocycles. The molecule has 0 amide bonds. The Morgan fingerprint density at radius 2 is 1.63 bits per heavy atom. The van der Waals surface area contributed by atoms with Gasteiger partial charge < -0.3 is 0 Å². The van der Waals surface area contributed by atoms with Crippen LogP contribution in [0.5, 0.6) is 0 Å². The van der Waals surface area contributed by atoms with Crippen LogP contribution in [0.25, 0.3) is 10.9 Å². The molecule has 3 heteroatoms. The molecule has 2 aromatic carbocycles. The number of nitrogens with zero attached hydrogens (tertiary/aromatic N) is 1. The van der Waals surface area contributed by atoms with Gasteiger partial charge in [0.1, 0.15) is 0 Å². The van der Waals surface area contributed by atoms with E-state index >= 15 is 0 Å². The molecule has 0 spiro atoms. The Morgan fingerprint density at radius 1 is 0.842 bits per heavy atom. The topological polar surface area (TPSA) is 12.9 Å². The molecule has 0 saturated carbocycles. The molecule has 94 valence electrons. The molecule has 3 aromatic rings. The zero-order valence-electron chi connectivity index (χ0n) is 10.5. The highest BCUT2D eigenvalue weighted by atomic mass is 32.2. The standard InChI is InChI=1S/C16H13NS2/c1-18-15-10-9-14(13-8-5-11-17-16(13)15)19-12-6-3-2-4-7-12/h2-11H,1H3. The van der Waals surface area contributed by atoms with E-state index in [1.54, 1.807) is 23.5 Å². The second-order valence-electron chi connectivity index (χ2n) is 4.08. The summed E-state index contributed by atoms with van der Waals surface area (Å²) in [6.45, 7) is 0. The van der Waals surface area contributed by atoms with Gasteiger partial charge >= 0.3 is 0 Å². The van der Waals surface area contributed by atoms with Crippen LogP contribution in [-0.2, 0) is 0 Å². The van der Waals surface area contributed by atoms with Gasteiger partial charge in [0.15, 0.2) is 0 Å². The normalized spacial score (nSPS) is 10.8. The molecular formula is C16H13NS2. The van der Waals surface area contributed by atoms with Crippen molar-refractivity contribution < 1.29 is 0 Å². The third-order valence-electron chi connectivity index (χ3n) is 2.88. The predicted octanol–water partition coefficient (Wildman–Crippen LogP) is 5.11. The number of hydrogen-bond acceptors (Lipinski definition) is 3. The summed E-state index contributed by atoms with van der Waals surface area (Å²) >= 11 is 3.53. The highest BCUT2D eigenvalue weighted by Gasteiger charge is 2.07. The quantitative estimate of drug-likeness (QED) is 0.620. The number of rotatable bonds is 3. The van der Waals surface area contributed by atoms with Crippen LogP contribution in [0.1, 0.15) is 0 Å². The Balaban J connectivity index is 2.10. The molecule has 1 nitrogen and oxygen atoms in total. The van der Waals surface area contributed by atoms with E-state index in [2.05, 4.69) is 53.7 Å². The van der Waals surface area contributed by atoms with Crippen molar-refractivity contribution in [2.45, 2.75) is 14.7 Å². The SMILES string of the molecule is CSc1ccc(Sc2ccccc2)c2cccnc12. The molecular weight excluding hydrogens is 270 g/mol. The minimum atomic E-state index is 1.09. The monoisotopic (exact) mass is 283 g/mol. The van der Waals surface area contributed by atoms with Gasteiger partial charge in [-0.2, -0.15) is 0 Å². The van der Waals surface area contributed by atoms with Crippen LogP contribution in [-0.4, -0.2) is 11.2 Å². The average Bonchev–Trinajstić information content (AvgIpc) is 2.49. The minimum Gasteiger partial charge on any atom is -0.255 e. The summed E-state index contributed by atoms with van der Waals surface area (Å²) in [5.74, 6) is 0. The molecule has 0 bridgehead atoms. The number of hydrogen-bond donors (Lipinski definition) is 0. The molecule has 0 aliphatic heterocycles. The first-order valence-electron chi connectivity index (χ1n) is 6.03. The molecule has 0 aliphatic carbocycles. The maximum Gasteiger partial charge on any atom is 0.0848 e. The Labute approximate surface area is 121 Å². The number of benzene rings is 2. The number of pyridine rings is 1. The fourth-order valence-corrected chi connectivity index (χ4v) is 3.51. The molecule has 0 atom stereocenters. The molecule has 0 radical (unpaired) electrons. The first-order valence-corrected chi connectivity index (χ1v) is 8.07. The predicted molar refractivity (Wildman–Crippen MR) is 84.1 cm³/mol. The van der Waals surface area contributed by atoms with E-state index in [1.165, 1.54) is 20.1 Å². The van der Waals surface area contributed by atoms with E-state index in [4.69, 9.17) is 0 Å². The summed E-state index contributed by atoms with van der Waals surface area (Å²) in [6.07, 6.45) is 3.95. The third kappa shape index (κ3) is 2.62. The van der Waals surface area contributed by atoms with E-state index in [9.17, 15) is 0 Å². The first kappa shape index (κ1) is 12.6. The van der Waals surface area contributed by atoms with E-state index in [0.717, 1.165) is 5.52 Å². The lowest BCUT2D eigenvalue weighted by Crippen LogP contribution is -1.84. The van der Waals surface area contributed by atoms with Gasteiger partial charge in [0, 0.05) is 26.3 Å². The van der Waals surface area contributed by atoms with Gasteiger partial charge in [-0.3, -0.25) is 4.98 Å². The van der Waals surface area contributed by atoms with Crippen LogP contribution in [0.2, 0.25) is 0 Å². The largest absolute Gasteiger partial charge is 0.255 e. The maximum absolute atomic E-state index is 4.52. The number of thioether (sulfide) groups is 1. The lowest BCUT2D eigenvalue weighted by Gasteiger charge is -2.08. The molecule has 0 aliphatic rings. The first-order chi connectivity index (χ1) is 9.38. The van der Waals surface area contributed by atoms with Crippen molar-refractivity contribution in [3.8, 4) is 0 Å². The van der Waals surface area contributed by atoms with E-state index in [-0.39, 0.29) is 0 Å². The zero-order valence-corrected chi connectivity index (χ0v) is 12.2. The Bertz CT molecular complexity index is 695. The smallest absolute Gasteiger partial charge is 0.0848 e. The van der Waals surface area contributed by atoms with E-state index < -0.39 is 0 Å². The highest BCUT2D eigenvalue weighted by molar-refractivity contribution is 7.99. The second kappa shape index (κ2) is 5.68. The fourth-order valence-electron chi connectivity index (χ4n) is 1.99. The molecule has 19 heavy (non-hydrogen) atoms. The van der Waals surface area contributed by atoms with Gasteiger partial charge in [-0.05, 0) is 36.6 Å². The summed E-state index contributed by atoms with van der Waals surface area (Å²) < 4.78 is 0. The summed E-state index contributed by atoms with van der Waals surface area (Å²) in [4.78, 5) is 8.26. The van der Waals surface area contributed by atoms with Crippen molar-refractivity contribution >= 4 is 34.4 Å². The lowest BCUT2D eigenvalue weighted by molar-refractivity contribution is 1.31. The molecule has 1 heterocycles. The van der Waals surface area contributed by atoms with E-state index in [1.807, 2.05) is 18.3 Å². The van der Waals surface area contributed by atoms with Gasteiger partial charge in [0.05, 0.1) is 5.52 Å². The van der Waals surface area contributed by atoms with Gasteiger partial charge in [0.25, 0.3) is 0 Å². The van der Waals surface area contributed by atoms with Crippen LogP contribution < -0.4 is 0 Å². The minimum absolute atomic E-state index is 1.09. The molecule has 0 fully saturated rings. The number of aromatic nitrogens is 1. The highest BCUT2D eigenvalue weighted by Crippen LogP contribution is 2.36. The van der Waals surface area contributed by atoms with Crippen molar-refractivity contribution in [3.63, 3.8) is 0 Å². The second-order valence-corrected chi connectivity index (χ2v) is 6.04. The van der Waals surface area contributed by atoms with Crippen molar-refractivity contribution in [3.05, 3.63) is 60.8 Å². The zero-order chi connectivity index (χ0) is 13.1. The van der Waals surface area contributed by atoms with Gasteiger partial charge in [-0.15, -0.1) is 11.8 Å². The van der Waals surface area contributed by atoms with Crippen molar-refractivity contribution in [1.82, 2.24) is 4.98 Å². The van der Waals surface area contributed by atoms with Crippen LogP contribution in [0, 0.1) is 0 Å². The van der Waals surface area contributed by atoms with Crippen molar-refractivity contribution in [2.75, 3.05) is 6.26 Å².